The second kappa shape index (κ2) is 10.2. The van der Waals surface area contributed by atoms with Crippen molar-refractivity contribution in [2.24, 2.45) is 0 Å². The summed E-state index contributed by atoms with van der Waals surface area (Å²) in [5, 5.41) is 3.43. The number of pyridine rings is 1. The maximum Gasteiger partial charge on any atom is 0.320 e. The van der Waals surface area contributed by atoms with E-state index >= 15 is 0 Å². The van der Waals surface area contributed by atoms with Crippen molar-refractivity contribution < 1.29 is 13.9 Å². The topological polar surface area (TPSA) is 74.7 Å². The lowest BCUT2D eigenvalue weighted by Gasteiger charge is -2.47. The molecule has 3 aliphatic rings. The van der Waals surface area contributed by atoms with Crippen molar-refractivity contribution in [2.75, 3.05) is 38.2 Å². The van der Waals surface area contributed by atoms with Crippen LogP contribution >= 0.6 is 11.6 Å². The van der Waals surface area contributed by atoms with E-state index in [1.165, 1.54) is 0 Å². The highest BCUT2D eigenvalue weighted by atomic mass is 35.5. The van der Waals surface area contributed by atoms with Gasteiger partial charge in [-0.15, -0.1) is 0 Å². The van der Waals surface area contributed by atoms with Gasteiger partial charge in [0, 0.05) is 35.1 Å². The van der Waals surface area contributed by atoms with Crippen LogP contribution in [0.1, 0.15) is 19.3 Å². The molecule has 41 heavy (non-hydrogen) atoms. The van der Waals surface area contributed by atoms with Crippen molar-refractivity contribution in [3.05, 3.63) is 66.0 Å². The van der Waals surface area contributed by atoms with Gasteiger partial charge in [-0.2, -0.15) is 9.97 Å². The van der Waals surface area contributed by atoms with Crippen molar-refractivity contribution >= 4 is 45.1 Å². The lowest BCUT2D eigenvalue weighted by atomic mass is 9.96. The number of rotatable bonds is 6. The van der Waals surface area contributed by atoms with Gasteiger partial charge in [-0.3, -0.25) is 4.79 Å². The number of hydrogen-bond acceptors (Lipinski definition) is 7. The quantitative estimate of drug-likeness (QED) is 0.292. The minimum Gasteiger partial charge on any atom is -0.462 e. The largest absolute Gasteiger partial charge is 0.462 e. The van der Waals surface area contributed by atoms with Gasteiger partial charge in [-0.25, -0.2) is 9.37 Å². The number of carbonyl (C=O) groups is 1. The summed E-state index contributed by atoms with van der Waals surface area (Å²) in [5.74, 6) is -0.835. The summed E-state index contributed by atoms with van der Waals surface area (Å²) in [6.07, 6.45) is 2.93. The predicted octanol–water partition coefficient (Wildman–Crippen LogP) is 5.24. The number of ether oxygens (including phenoxy) is 1. The highest BCUT2D eigenvalue weighted by Gasteiger charge is 2.50. The number of likely N-dealkylation sites (N-methyl/N-ethyl adjacent to an activating group) is 1. The fourth-order valence-corrected chi connectivity index (χ4v) is 6.83. The van der Waals surface area contributed by atoms with Gasteiger partial charge in [0.2, 0.25) is 0 Å². The number of aromatic nitrogens is 3. The molecule has 0 unspecified atom stereocenters. The molecule has 3 atom stereocenters. The van der Waals surface area contributed by atoms with Gasteiger partial charge in [0.15, 0.2) is 11.5 Å². The smallest absolute Gasteiger partial charge is 0.320 e. The molecule has 2 aromatic carbocycles. The third-order valence-corrected chi connectivity index (χ3v) is 9.10. The molecule has 2 aromatic heterocycles. The van der Waals surface area contributed by atoms with Gasteiger partial charge in [-0.1, -0.05) is 48.5 Å². The van der Waals surface area contributed by atoms with Crippen molar-refractivity contribution in [3.63, 3.8) is 0 Å². The number of amides is 1. The maximum atomic E-state index is 13.6. The van der Waals surface area contributed by atoms with Crippen molar-refractivity contribution in [3.8, 4) is 17.3 Å². The number of fused-ring (bicyclic) bond motifs is 3. The Morgan fingerprint density at radius 3 is 2.68 bits per heavy atom. The lowest BCUT2D eigenvalue weighted by molar-refractivity contribution is -0.130. The molecular weight excluding hydrogens is 543 g/mol. The van der Waals surface area contributed by atoms with Crippen molar-refractivity contribution in [1.29, 1.82) is 0 Å². The molecule has 8 nitrogen and oxygen atoms in total. The Morgan fingerprint density at radius 1 is 1.07 bits per heavy atom. The number of anilines is 1. The van der Waals surface area contributed by atoms with Gasteiger partial charge in [0.25, 0.3) is 5.91 Å². The normalized spacial score (nSPS) is 22.3. The fourth-order valence-electron chi connectivity index (χ4n) is 6.55. The van der Waals surface area contributed by atoms with E-state index in [-0.39, 0.29) is 18.1 Å². The number of hydrogen-bond donors (Lipinski definition) is 0. The number of benzene rings is 2. The second-order valence-electron chi connectivity index (χ2n) is 11.1. The molecule has 10 heteroatoms. The molecule has 5 heterocycles. The van der Waals surface area contributed by atoms with Crippen LogP contribution in [0.25, 0.3) is 33.1 Å². The molecule has 1 amide bonds. The minimum absolute atomic E-state index is 0.0294. The second-order valence-corrected chi connectivity index (χ2v) is 11.5. The summed E-state index contributed by atoms with van der Waals surface area (Å²) in [6.45, 7) is 5.77. The molecule has 0 bridgehead atoms. The first-order valence-electron chi connectivity index (χ1n) is 14.0. The summed E-state index contributed by atoms with van der Waals surface area (Å²) in [6, 6.07) is 16.4. The standard InChI is InChI=1S/C31H30ClFN6O2/c1-18(33)30(40)38-15-13-25-26(38)16-39(25)29-22-11-12-24(21-9-3-6-19-7-4-10-23(32)27(19)21)34-28(22)35-31(36-29)41-17-20-8-5-14-37(20)2/h3-4,6-7,9-12,20,25-26H,1,5,8,13-17H2,2H3/t20-,25+,26+/m0/s1. The number of carbonyl (C=O) groups excluding carboxylic acids is 1. The summed E-state index contributed by atoms with van der Waals surface area (Å²) in [4.78, 5) is 33.0. The summed E-state index contributed by atoms with van der Waals surface area (Å²) in [5.41, 5.74) is 2.20. The maximum absolute atomic E-state index is 13.6. The molecule has 210 valence electrons. The molecular formula is C31H30ClFN6O2. The van der Waals surface area contributed by atoms with Crippen LogP contribution in [0.3, 0.4) is 0 Å². The first-order chi connectivity index (χ1) is 19.9. The minimum atomic E-state index is -0.922. The van der Waals surface area contributed by atoms with E-state index in [2.05, 4.69) is 23.4 Å². The van der Waals surface area contributed by atoms with E-state index < -0.39 is 11.7 Å². The van der Waals surface area contributed by atoms with E-state index in [1.54, 1.807) is 4.90 Å². The summed E-state index contributed by atoms with van der Waals surface area (Å²) >= 11 is 6.63. The highest BCUT2D eigenvalue weighted by molar-refractivity contribution is 6.36. The Balaban J connectivity index is 1.28. The Kier molecular flexibility index (Phi) is 6.51. The van der Waals surface area contributed by atoms with Gasteiger partial charge in [-0.05, 0) is 56.4 Å². The van der Waals surface area contributed by atoms with Crippen LogP contribution in [0.4, 0.5) is 10.2 Å². The average Bonchev–Trinajstić information content (AvgIpc) is 3.52. The van der Waals surface area contributed by atoms with Crippen LogP contribution < -0.4 is 9.64 Å². The van der Waals surface area contributed by atoms with Crippen LogP contribution in [-0.4, -0.2) is 82.1 Å². The third kappa shape index (κ3) is 4.48. The van der Waals surface area contributed by atoms with Crippen molar-refractivity contribution in [2.45, 2.75) is 37.4 Å². The van der Waals surface area contributed by atoms with Gasteiger partial charge >= 0.3 is 6.01 Å². The Morgan fingerprint density at radius 2 is 1.90 bits per heavy atom. The summed E-state index contributed by atoms with van der Waals surface area (Å²) < 4.78 is 19.8. The zero-order valence-electron chi connectivity index (χ0n) is 22.8. The highest BCUT2D eigenvalue weighted by Crippen LogP contribution is 2.40. The molecule has 4 aromatic rings. The molecule has 0 radical (unpaired) electrons. The van der Waals surface area contributed by atoms with Crippen LogP contribution in [-0.2, 0) is 4.79 Å². The first kappa shape index (κ1) is 26.1. The third-order valence-electron chi connectivity index (χ3n) is 8.78. The van der Waals surface area contributed by atoms with E-state index in [0.717, 1.165) is 59.0 Å². The first-order valence-corrected chi connectivity index (χ1v) is 14.4. The van der Waals surface area contributed by atoms with Gasteiger partial charge in [0.05, 0.1) is 23.2 Å². The number of nitrogens with zero attached hydrogens (tertiary/aromatic N) is 6. The SMILES string of the molecule is C=C(F)C(=O)N1CC[C@@H]2[C@H]1CN2c1nc(OC[C@@H]2CCCN2C)nc2nc(-c3cccc4cccc(Cl)c34)ccc12. The molecule has 0 N–H and O–H groups in total. The van der Waals surface area contributed by atoms with Crippen LogP contribution in [0, 0.1) is 0 Å². The van der Waals surface area contributed by atoms with E-state index in [0.29, 0.717) is 36.4 Å². The monoisotopic (exact) mass is 572 g/mol. The Bertz CT molecular complexity index is 1690. The molecule has 3 aliphatic heterocycles. The van der Waals surface area contributed by atoms with Crippen LogP contribution in [0.15, 0.2) is 60.9 Å². The van der Waals surface area contributed by atoms with Crippen LogP contribution in [0.2, 0.25) is 5.02 Å². The molecule has 0 aliphatic carbocycles. The Labute approximate surface area is 242 Å². The zero-order chi connectivity index (χ0) is 28.2. The number of halogens is 2. The molecule has 0 spiro atoms. The summed E-state index contributed by atoms with van der Waals surface area (Å²) in [7, 11) is 2.11. The lowest BCUT2D eigenvalue weighted by Crippen LogP contribution is -2.63. The molecule has 0 saturated carbocycles. The zero-order valence-corrected chi connectivity index (χ0v) is 23.5. The molecule has 7 rings (SSSR count). The van der Waals surface area contributed by atoms with E-state index in [9.17, 15) is 9.18 Å². The fraction of sp³-hybridized carbons (Fsp3) is 0.355. The molecule has 3 fully saturated rings. The van der Waals surface area contributed by atoms with Gasteiger partial charge < -0.3 is 19.4 Å². The molecule has 3 saturated heterocycles. The van der Waals surface area contributed by atoms with E-state index in [4.69, 9.17) is 31.3 Å². The van der Waals surface area contributed by atoms with Crippen molar-refractivity contribution in [1.82, 2.24) is 24.8 Å². The van der Waals surface area contributed by atoms with Crippen LogP contribution in [0.5, 0.6) is 6.01 Å². The number of likely N-dealkylation sites (tertiary alicyclic amines) is 2. The van der Waals surface area contributed by atoms with Gasteiger partial charge in [0.1, 0.15) is 12.4 Å². The average molecular weight is 573 g/mol. The Hall–Kier alpha value is -3.82. The predicted molar refractivity (Wildman–Crippen MR) is 158 cm³/mol. The van der Waals surface area contributed by atoms with E-state index in [1.807, 2.05) is 48.5 Å².